The molecule has 2 unspecified atom stereocenters. The van der Waals surface area contributed by atoms with Crippen molar-refractivity contribution in [1.29, 1.82) is 0 Å². The fraction of sp³-hybridized carbons (Fsp3) is 0.588. The molecule has 1 saturated heterocycles. The van der Waals surface area contributed by atoms with Crippen molar-refractivity contribution in [3.05, 3.63) is 35.4 Å². The fourth-order valence-electron chi connectivity index (χ4n) is 2.80. The highest BCUT2D eigenvalue weighted by Gasteiger charge is 2.36. The third-order valence-corrected chi connectivity index (χ3v) is 3.91. The van der Waals surface area contributed by atoms with E-state index in [0.29, 0.717) is 5.92 Å². The zero-order valence-corrected chi connectivity index (χ0v) is 13.0. The van der Waals surface area contributed by atoms with E-state index in [1.807, 2.05) is 11.8 Å². The second kappa shape index (κ2) is 6.40. The van der Waals surface area contributed by atoms with Gasteiger partial charge >= 0.3 is 0 Å². The van der Waals surface area contributed by atoms with E-state index < -0.39 is 0 Å². The van der Waals surface area contributed by atoms with Crippen molar-refractivity contribution >= 4 is 5.91 Å². The molecule has 0 radical (unpaired) electrons. The molecule has 0 bridgehead atoms. The molecule has 0 spiro atoms. The number of nitrogens with one attached hydrogen (secondary N) is 1. The third-order valence-electron chi connectivity index (χ3n) is 3.91. The lowest BCUT2D eigenvalue weighted by Gasteiger charge is -2.25. The Hall–Kier alpha value is -1.35. The Balaban J connectivity index is 2.11. The minimum atomic E-state index is -0.0837. The number of rotatable bonds is 5. The van der Waals surface area contributed by atoms with Crippen molar-refractivity contribution in [1.82, 2.24) is 10.2 Å². The summed E-state index contributed by atoms with van der Waals surface area (Å²) in [6, 6.07) is 8.34. The van der Waals surface area contributed by atoms with E-state index in [2.05, 4.69) is 50.4 Å². The van der Waals surface area contributed by atoms with E-state index in [1.54, 1.807) is 0 Å². The molecule has 0 saturated carbocycles. The zero-order valence-electron chi connectivity index (χ0n) is 13.0. The molecule has 3 heteroatoms. The molecule has 2 rings (SSSR count). The Morgan fingerprint density at radius 3 is 2.75 bits per heavy atom. The Kier molecular flexibility index (Phi) is 4.81. The first-order valence-corrected chi connectivity index (χ1v) is 7.62. The first-order chi connectivity index (χ1) is 9.49. The second-order valence-electron chi connectivity index (χ2n) is 6.27. The van der Waals surface area contributed by atoms with Gasteiger partial charge in [0.1, 0.15) is 6.17 Å². The quantitative estimate of drug-likeness (QED) is 0.894. The number of hydrogen-bond acceptors (Lipinski definition) is 2. The van der Waals surface area contributed by atoms with Gasteiger partial charge in [-0.2, -0.15) is 0 Å². The average molecular weight is 274 g/mol. The summed E-state index contributed by atoms with van der Waals surface area (Å²) in [6.07, 6.45) is 2.27. The van der Waals surface area contributed by atoms with Crippen LogP contribution in [0.5, 0.6) is 0 Å². The molecule has 2 atom stereocenters. The monoisotopic (exact) mass is 274 g/mol. The maximum absolute atomic E-state index is 12.3. The fourth-order valence-corrected chi connectivity index (χ4v) is 2.80. The minimum Gasteiger partial charge on any atom is -0.322 e. The summed E-state index contributed by atoms with van der Waals surface area (Å²) in [5.74, 6) is 0.913. The molecule has 110 valence electrons. The van der Waals surface area contributed by atoms with Gasteiger partial charge in [0.15, 0.2) is 0 Å². The molecule has 1 aliphatic heterocycles. The molecule has 1 heterocycles. The molecule has 1 fully saturated rings. The number of carbonyl (C=O) groups excluding carboxylic acids is 1. The van der Waals surface area contributed by atoms with Crippen molar-refractivity contribution in [3.63, 3.8) is 0 Å². The summed E-state index contributed by atoms with van der Waals surface area (Å²) in [6.45, 7) is 9.34. The highest BCUT2D eigenvalue weighted by Crippen LogP contribution is 2.26. The Bertz CT molecular complexity index is 470. The van der Waals surface area contributed by atoms with Crippen molar-refractivity contribution in [3.8, 4) is 0 Å². The van der Waals surface area contributed by atoms with Crippen LogP contribution in [0, 0.1) is 12.8 Å². The van der Waals surface area contributed by atoms with Gasteiger partial charge < -0.3 is 4.90 Å². The van der Waals surface area contributed by atoms with E-state index in [1.165, 1.54) is 17.5 Å². The average Bonchev–Trinajstić information content (AvgIpc) is 2.66. The number of nitrogens with zero attached hydrogens (tertiary/aromatic N) is 1. The molecule has 1 aromatic carbocycles. The topological polar surface area (TPSA) is 32.3 Å². The summed E-state index contributed by atoms with van der Waals surface area (Å²) >= 11 is 0. The molecule has 3 nitrogen and oxygen atoms in total. The van der Waals surface area contributed by atoms with Gasteiger partial charge in [-0.1, -0.05) is 43.7 Å². The van der Waals surface area contributed by atoms with Crippen molar-refractivity contribution < 1.29 is 4.79 Å². The van der Waals surface area contributed by atoms with Gasteiger partial charge in [0, 0.05) is 6.54 Å². The lowest BCUT2D eigenvalue weighted by Crippen LogP contribution is -2.31. The maximum atomic E-state index is 12.3. The third kappa shape index (κ3) is 3.40. The summed E-state index contributed by atoms with van der Waals surface area (Å²) in [7, 11) is 0. The summed E-state index contributed by atoms with van der Waals surface area (Å²) < 4.78 is 0. The van der Waals surface area contributed by atoms with Gasteiger partial charge in [-0.15, -0.1) is 0 Å². The predicted molar refractivity (Wildman–Crippen MR) is 82.3 cm³/mol. The van der Waals surface area contributed by atoms with E-state index in [9.17, 15) is 4.79 Å². The van der Waals surface area contributed by atoms with Crippen LogP contribution in [-0.2, 0) is 4.79 Å². The van der Waals surface area contributed by atoms with E-state index in [4.69, 9.17) is 0 Å². The first-order valence-electron chi connectivity index (χ1n) is 7.62. The largest absolute Gasteiger partial charge is 0.322 e. The van der Waals surface area contributed by atoms with Crippen LogP contribution in [-0.4, -0.2) is 23.4 Å². The maximum Gasteiger partial charge on any atom is 0.241 e. The smallest absolute Gasteiger partial charge is 0.241 e. The Labute approximate surface area is 122 Å². The van der Waals surface area contributed by atoms with Crippen LogP contribution in [0.3, 0.4) is 0 Å². The number of amides is 1. The normalized spacial score (nSPS) is 22.9. The van der Waals surface area contributed by atoms with Crippen molar-refractivity contribution in [2.75, 3.05) is 6.54 Å². The molecule has 1 aliphatic rings. The highest BCUT2D eigenvalue weighted by atomic mass is 16.2. The lowest BCUT2D eigenvalue weighted by molar-refractivity contribution is -0.129. The molecule has 1 N–H and O–H groups in total. The standard InChI is InChI=1S/C17H26N2O/c1-12(2)7-6-10-19-16(18-14(4)17(19)20)15-9-5-8-13(3)11-15/h5,8-9,11-12,14,16,18H,6-7,10H2,1-4H3. The first kappa shape index (κ1) is 15.0. The molecular weight excluding hydrogens is 248 g/mol. The van der Waals surface area contributed by atoms with Crippen LogP contribution in [0.15, 0.2) is 24.3 Å². The number of carbonyl (C=O) groups is 1. The highest BCUT2D eigenvalue weighted by molar-refractivity contribution is 5.84. The number of aryl methyl sites for hydroxylation is 1. The summed E-state index contributed by atoms with van der Waals surface area (Å²) in [4.78, 5) is 14.3. The van der Waals surface area contributed by atoms with Crippen LogP contribution in [0.2, 0.25) is 0 Å². The molecule has 20 heavy (non-hydrogen) atoms. The van der Waals surface area contributed by atoms with Crippen molar-refractivity contribution in [2.45, 2.75) is 52.7 Å². The minimum absolute atomic E-state index is 0.0320. The SMILES string of the molecule is Cc1cccc(C2NC(C)C(=O)N2CCCC(C)C)c1. The van der Waals surface area contributed by atoms with Crippen LogP contribution in [0.4, 0.5) is 0 Å². The van der Waals surface area contributed by atoms with Gasteiger partial charge in [-0.05, 0) is 38.2 Å². The van der Waals surface area contributed by atoms with Crippen LogP contribution in [0.25, 0.3) is 0 Å². The van der Waals surface area contributed by atoms with Gasteiger partial charge in [-0.25, -0.2) is 0 Å². The van der Waals surface area contributed by atoms with Gasteiger partial charge in [0.05, 0.1) is 6.04 Å². The zero-order chi connectivity index (χ0) is 14.7. The van der Waals surface area contributed by atoms with E-state index >= 15 is 0 Å². The van der Waals surface area contributed by atoms with Gasteiger partial charge in [0.25, 0.3) is 0 Å². The molecule has 1 aromatic rings. The molecule has 1 amide bonds. The van der Waals surface area contributed by atoms with Crippen LogP contribution in [0.1, 0.15) is 50.9 Å². The molecule has 0 aromatic heterocycles. The Morgan fingerprint density at radius 2 is 2.10 bits per heavy atom. The van der Waals surface area contributed by atoms with E-state index in [0.717, 1.165) is 13.0 Å². The number of hydrogen-bond donors (Lipinski definition) is 1. The van der Waals surface area contributed by atoms with E-state index in [-0.39, 0.29) is 18.1 Å². The number of benzene rings is 1. The summed E-state index contributed by atoms with van der Waals surface area (Å²) in [5, 5.41) is 3.41. The Morgan fingerprint density at radius 1 is 1.35 bits per heavy atom. The van der Waals surface area contributed by atoms with Gasteiger partial charge in [0.2, 0.25) is 5.91 Å². The molecular formula is C17H26N2O. The van der Waals surface area contributed by atoms with Crippen LogP contribution < -0.4 is 5.32 Å². The summed E-state index contributed by atoms with van der Waals surface area (Å²) in [5.41, 5.74) is 2.42. The second-order valence-corrected chi connectivity index (χ2v) is 6.27. The predicted octanol–water partition coefficient (Wildman–Crippen LogP) is 3.25. The molecule has 0 aliphatic carbocycles. The lowest BCUT2D eigenvalue weighted by atomic mass is 10.1. The van der Waals surface area contributed by atoms with Crippen LogP contribution >= 0.6 is 0 Å². The van der Waals surface area contributed by atoms with Crippen molar-refractivity contribution in [2.24, 2.45) is 5.92 Å². The van der Waals surface area contributed by atoms with Gasteiger partial charge in [-0.3, -0.25) is 10.1 Å².